The molecule has 90 valence electrons. The molecule has 1 rings (SSSR count). The molecule has 1 aromatic rings. The maximum absolute atomic E-state index is 13.0. The van der Waals surface area contributed by atoms with Crippen molar-refractivity contribution in [2.75, 3.05) is 25.1 Å². The van der Waals surface area contributed by atoms with Crippen LogP contribution in [0.25, 0.3) is 0 Å². The summed E-state index contributed by atoms with van der Waals surface area (Å²) < 4.78 is 13.0. The Morgan fingerprint density at radius 3 is 2.56 bits per heavy atom. The molecule has 1 aromatic carbocycles. The van der Waals surface area contributed by atoms with Gasteiger partial charge < -0.3 is 10.0 Å². The van der Waals surface area contributed by atoms with Gasteiger partial charge in [0, 0.05) is 31.8 Å². The summed E-state index contributed by atoms with van der Waals surface area (Å²) in [5.41, 5.74) is 0.846. The maximum Gasteiger partial charge on any atom is 0.125 e. The second-order valence-electron chi connectivity index (χ2n) is 4.55. The third-order valence-electron chi connectivity index (χ3n) is 2.93. The number of nitrogens with zero attached hydrogens (tertiary/aromatic N) is 1. The van der Waals surface area contributed by atoms with Crippen molar-refractivity contribution in [1.29, 1.82) is 0 Å². The Morgan fingerprint density at radius 1 is 1.38 bits per heavy atom. The van der Waals surface area contributed by atoms with Crippen LogP contribution in [0.15, 0.2) is 24.3 Å². The first-order chi connectivity index (χ1) is 7.54. The Hall–Kier alpha value is -1.09. The highest BCUT2D eigenvalue weighted by molar-refractivity contribution is 5.45. The predicted octanol–water partition coefficient (Wildman–Crippen LogP) is 2.53. The smallest absolute Gasteiger partial charge is 0.125 e. The van der Waals surface area contributed by atoms with E-state index in [0.717, 1.165) is 12.2 Å². The van der Waals surface area contributed by atoms with Gasteiger partial charge in [0.25, 0.3) is 0 Å². The number of hydrogen-bond donors (Lipinski definition) is 1. The average molecular weight is 225 g/mol. The molecule has 0 heterocycles. The predicted molar refractivity (Wildman–Crippen MR) is 65.1 cm³/mol. The van der Waals surface area contributed by atoms with Gasteiger partial charge in [-0.05, 0) is 24.1 Å². The summed E-state index contributed by atoms with van der Waals surface area (Å²) >= 11 is 0. The Bertz CT molecular complexity index is 327. The Labute approximate surface area is 96.7 Å². The molecule has 0 aliphatic rings. The van der Waals surface area contributed by atoms with Gasteiger partial charge in [0.2, 0.25) is 0 Å². The van der Waals surface area contributed by atoms with E-state index >= 15 is 0 Å². The number of aliphatic hydroxyl groups excluding tert-OH is 1. The van der Waals surface area contributed by atoms with Crippen molar-refractivity contribution in [3.63, 3.8) is 0 Å². The number of anilines is 1. The standard InChI is InChI=1S/C13H20FNO/c1-10(2)11(9-16)8-15(3)13-6-4-5-12(14)7-13/h4-7,10-11,16H,8-9H2,1-3H3. The lowest BCUT2D eigenvalue weighted by atomic mass is 9.96. The van der Waals surface area contributed by atoms with Gasteiger partial charge >= 0.3 is 0 Å². The van der Waals surface area contributed by atoms with Crippen molar-refractivity contribution in [3.05, 3.63) is 30.1 Å². The van der Waals surface area contributed by atoms with Gasteiger partial charge in [0.05, 0.1) is 0 Å². The van der Waals surface area contributed by atoms with Gasteiger partial charge in [-0.1, -0.05) is 19.9 Å². The van der Waals surface area contributed by atoms with Crippen LogP contribution in [0.1, 0.15) is 13.8 Å². The van der Waals surface area contributed by atoms with E-state index in [9.17, 15) is 9.50 Å². The molecule has 0 amide bonds. The first-order valence-corrected chi connectivity index (χ1v) is 5.62. The first kappa shape index (κ1) is 13.0. The Morgan fingerprint density at radius 2 is 2.06 bits per heavy atom. The molecule has 1 N–H and O–H groups in total. The third kappa shape index (κ3) is 3.49. The summed E-state index contributed by atoms with van der Waals surface area (Å²) in [6.07, 6.45) is 0. The zero-order valence-corrected chi connectivity index (χ0v) is 10.2. The molecule has 2 nitrogen and oxygen atoms in total. The Balaban J connectivity index is 2.67. The van der Waals surface area contributed by atoms with Crippen molar-refractivity contribution in [1.82, 2.24) is 0 Å². The van der Waals surface area contributed by atoms with E-state index < -0.39 is 0 Å². The van der Waals surface area contributed by atoms with E-state index in [1.807, 2.05) is 18.0 Å². The van der Waals surface area contributed by atoms with E-state index in [0.29, 0.717) is 5.92 Å². The van der Waals surface area contributed by atoms with Crippen LogP contribution in [0.4, 0.5) is 10.1 Å². The lowest BCUT2D eigenvalue weighted by Crippen LogP contribution is -2.30. The highest BCUT2D eigenvalue weighted by Crippen LogP contribution is 2.18. The SMILES string of the molecule is CC(C)C(CO)CN(C)c1cccc(F)c1. The molecular weight excluding hydrogens is 205 g/mol. The molecule has 0 radical (unpaired) electrons. The van der Waals surface area contributed by atoms with E-state index in [1.54, 1.807) is 6.07 Å². The lowest BCUT2D eigenvalue weighted by molar-refractivity contribution is 0.193. The highest BCUT2D eigenvalue weighted by Gasteiger charge is 2.15. The van der Waals surface area contributed by atoms with Gasteiger partial charge in [0.1, 0.15) is 5.82 Å². The van der Waals surface area contributed by atoms with Crippen LogP contribution in [-0.2, 0) is 0 Å². The fourth-order valence-electron chi connectivity index (χ4n) is 1.65. The molecule has 1 atom stereocenters. The zero-order chi connectivity index (χ0) is 12.1. The van der Waals surface area contributed by atoms with E-state index in [4.69, 9.17) is 0 Å². The summed E-state index contributed by atoms with van der Waals surface area (Å²) in [4.78, 5) is 1.98. The molecule has 16 heavy (non-hydrogen) atoms. The van der Waals surface area contributed by atoms with Crippen molar-refractivity contribution >= 4 is 5.69 Å². The molecule has 0 aliphatic heterocycles. The minimum absolute atomic E-state index is 0.164. The molecule has 0 fully saturated rings. The van der Waals surface area contributed by atoms with Crippen LogP contribution in [0.3, 0.4) is 0 Å². The van der Waals surface area contributed by atoms with Gasteiger partial charge in [-0.25, -0.2) is 4.39 Å². The van der Waals surface area contributed by atoms with Crippen LogP contribution in [0.2, 0.25) is 0 Å². The molecule has 1 unspecified atom stereocenters. The number of hydrogen-bond acceptors (Lipinski definition) is 2. The Kier molecular flexibility index (Phi) is 4.74. The fraction of sp³-hybridized carbons (Fsp3) is 0.538. The quantitative estimate of drug-likeness (QED) is 0.832. The second kappa shape index (κ2) is 5.85. The summed E-state index contributed by atoms with van der Waals surface area (Å²) in [6, 6.07) is 6.51. The number of aliphatic hydroxyl groups is 1. The average Bonchev–Trinajstić information content (AvgIpc) is 2.25. The topological polar surface area (TPSA) is 23.5 Å². The van der Waals surface area contributed by atoms with Crippen LogP contribution in [0.5, 0.6) is 0 Å². The van der Waals surface area contributed by atoms with Gasteiger partial charge in [-0.15, -0.1) is 0 Å². The number of benzene rings is 1. The highest BCUT2D eigenvalue weighted by atomic mass is 19.1. The molecule has 3 heteroatoms. The molecule has 0 bridgehead atoms. The van der Waals surface area contributed by atoms with Crippen LogP contribution >= 0.6 is 0 Å². The van der Waals surface area contributed by atoms with E-state index in [1.165, 1.54) is 12.1 Å². The van der Waals surface area contributed by atoms with Crippen LogP contribution in [-0.4, -0.2) is 25.3 Å². The molecular formula is C13H20FNO. The van der Waals surface area contributed by atoms with Gasteiger partial charge in [-0.2, -0.15) is 0 Å². The van der Waals surface area contributed by atoms with Crippen molar-refractivity contribution in [2.45, 2.75) is 13.8 Å². The van der Waals surface area contributed by atoms with E-state index in [2.05, 4.69) is 13.8 Å². The summed E-state index contributed by atoms with van der Waals surface area (Å²) in [6.45, 7) is 5.07. The second-order valence-corrected chi connectivity index (χ2v) is 4.55. The van der Waals surface area contributed by atoms with E-state index in [-0.39, 0.29) is 18.3 Å². The van der Waals surface area contributed by atoms with Crippen molar-refractivity contribution in [3.8, 4) is 0 Å². The molecule has 0 aliphatic carbocycles. The van der Waals surface area contributed by atoms with Gasteiger partial charge in [0.15, 0.2) is 0 Å². The third-order valence-corrected chi connectivity index (χ3v) is 2.93. The number of rotatable bonds is 5. The van der Waals surface area contributed by atoms with Crippen LogP contribution in [0, 0.1) is 17.7 Å². The van der Waals surface area contributed by atoms with Crippen molar-refractivity contribution in [2.24, 2.45) is 11.8 Å². The molecule has 0 saturated heterocycles. The zero-order valence-electron chi connectivity index (χ0n) is 10.2. The molecule has 0 spiro atoms. The summed E-state index contributed by atoms with van der Waals surface area (Å²) in [7, 11) is 1.92. The first-order valence-electron chi connectivity index (χ1n) is 5.62. The lowest BCUT2D eigenvalue weighted by Gasteiger charge is -2.27. The monoisotopic (exact) mass is 225 g/mol. The normalized spacial score (nSPS) is 12.9. The summed E-state index contributed by atoms with van der Waals surface area (Å²) in [5.74, 6) is 0.406. The summed E-state index contributed by atoms with van der Waals surface area (Å²) in [5, 5.41) is 9.25. The van der Waals surface area contributed by atoms with Gasteiger partial charge in [-0.3, -0.25) is 0 Å². The minimum atomic E-state index is -0.227. The number of halogens is 1. The van der Waals surface area contributed by atoms with Crippen molar-refractivity contribution < 1.29 is 9.50 Å². The minimum Gasteiger partial charge on any atom is -0.396 e. The maximum atomic E-state index is 13.0. The fourth-order valence-corrected chi connectivity index (χ4v) is 1.65. The molecule has 0 saturated carbocycles. The largest absolute Gasteiger partial charge is 0.396 e. The molecule has 0 aromatic heterocycles. The van der Waals surface area contributed by atoms with Crippen LogP contribution < -0.4 is 4.90 Å².